The summed E-state index contributed by atoms with van der Waals surface area (Å²) < 4.78 is 5.96. The third-order valence-electron chi connectivity index (χ3n) is 3.77. The number of hydrogen-bond acceptors (Lipinski definition) is 2. The molecule has 2 atom stereocenters. The zero-order chi connectivity index (χ0) is 14.4. The van der Waals surface area contributed by atoms with Crippen molar-refractivity contribution in [1.29, 1.82) is 0 Å². The van der Waals surface area contributed by atoms with Crippen LogP contribution >= 0.6 is 0 Å². The summed E-state index contributed by atoms with van der Waals surface area (Å²) in [6.45, 7) is 4.92. The molecule has 106 valence electrons. The summed E-state index contributed by atoms with van der Waals surface area (Å²) in [5.41, 5.74) is 8.60. The molecule has 2 N–H and O–H groups in total. The van der Waals surface area contributed by atoms with Gasteiger partial charge < -0.3 is 10.5 Å². The Balaban J connectivity index is 2.12. The topological polar surface area (TPSA) is 35.2 Å². The van der Waals surface area contributed by atoms with E-state index in [4.69, 9.17) is 10.5 Å². The van der Waals surface area contributed by atoms with Crippen LogP contribution in [0.5, 0.6) is 5.75 Å². The maximum Gasteiger partial charge on any atom is 0.124 e. The van der Waals surface area contributed by atoms with E-state index < -0.39 is 0 Å². The van der Waals surface area contributed by atoms with E-state index in [0.717, 1.165) is 17.7 Å². The quantitative estimate of drug-likeness (QED) is 0.848. The highest BCUT2D eigenvalue weighted by atomic mass is 16.5. The second-order valence-corrected chi connectivity index (χ2v) is 5.22. The lowest BCUT2D eigenvalue weighted by atomic mass is 9.93. The molecule has 0 aliphatic heterocycles. The molecule has 2 heteroatoms. The molecule has 2 aromatic rings. The first-order chi connectivity index (χ1) is 9.72. The second kappa shape index (κ2) is 7.11. The number of nitrogens with two attached hydrogens (primary N) is 1. The Bertz CT molecular complexity index is 524. The summed E-state index contributed by atoms with van der Waals surface area (Å²) in [5, 5.41) is 0. The predicted octanol–water partition coefficient (Wildman–Crippen LogP) is 4.31. The van der Waals surface area contributed by atoms with Crippen molar-refractivity contribution in [1.82, 2.24) is 0 Å². The van der Waals surface area contributed by atoms with Crippen LogP contribution in [0, 0.1) is 5.92 Å². The lowest BCUT2D eigenvalue weighted by molar-refractivity contribution is 0.297. The minimum atomic E-state index is 0.0203. The molecule has 0 aromatic heterocycles. The Morgan fingerprint density at radius 2 is 1.65 bits per heavy atom. The van der Waals surface area contributed by atoms with E-state index in [9.17, 15) is 0 Å². The summed E-state index contributed by atoms with van der Waals surface area (Å²) >= 11 is 0. The fourth-order valence-corrected chi connectivity index (χ4v) is 2.18. The van der Waals surface area contributed by atoms with Crippen molar-refractivity contribution in [2.45, 2.75) is 32.9 Å². The van der Waals surface area contributed by atoms with Gasteiger partial charge in [0.25, 0.3) is 0 Å². The van der Waals surface area contributed by atoms with E-state index in [0.29, 0.717) is 12.5 Å². The molecule has 20 heavy (non-hydrogen) atoms. The summed E-state index contributed by atoms with van der Waals surface area (Å²) in [4.78, 5) is 0. The predicted molar refractivity (Wildman–Crippen MR) is 83.6 cm³/mol. The molecular formula is C18H23NO. The normalized spacial score (nSPS) is 13.8. The molecule has 0 spiro atoms. The van der Waals surface area contributed by atoms with Crippen LogP contribution in [0.3, 0.4) is 0 Å². The van der Waals surface area contributed by atoms with Gasteiger partial charge >= 0.3 is 0 Å². The minimum Gasteiger partial charge on any atom is -0.489 e. The lowest BCUT2D eigenvalue weighted by Gasteiger charge is -2.21. The molecule has 0 heterocycles. The van der Waals surface area contributed by atoms with Gasteiger partial charge in [-0.05, 0) is 17.5 Å². The minimum absolute atomic E-state index is 0.0203. The average molecular weight is 269 g/mol. The van der Waals surface area contributed by atoms with Crippen molar-refractivity contribution in [2.75, 3.05) is 0 Å². The molecule has 2 rings (SSSR count). The smallest absolute Gasteiger partial charge is 0.124 e. The highest BCUT2D eigenvalue weighted by Gasteiger charge is 2.17. The molecule has 0 fully saturated rings. The first-order valence-corrected chi connectivity index (χ1v) is 7.23. The standard InChI is InChI=1S/C18H23NO/c1-3-14(2)18(19)16-11-7-8-12-17(16)20-13-15-9-5-4-6-10-15/h4-12,14,18H,3,13,19H2,1-2H3/t14?,18-/m1/s1. The van der Waals surface area contributed by atoms with E-state index in [1.54, 1.807) is 0 Å². The van der Waals surface area contributed by atoms with Gasteiger partial charge in [-0.1, -0.05) is 68.8 Å². The van der Waals surface area contributed by atoms with E-state index >= 15 is 0 Å². The molecule has 0 aliphatic carbocycles. The lowest BCUT2D eigenvalue weighted by Crippen LogP contribution is -2.19. The molecular weight excluding hydrogens is 246 g/mol. The highest BCUT2D eigenvalue weighted by molar-refractivity contribution is 5.36. The summed E-state index contributed by atoms with van der Waals surface area (Å²) in [6, 6.07) is 18.3. The van der Waals surface area contributed by atoms with Crippen molar-refractivity contribution < 1.29 is 4.74 Å². The summed E-state index contributed by atoms with van der Waals surface area (Å²) in [7, 11) is 0. The monoisotopic (exact) mass is 269 g/mol. The van der Waals surface area contributed by atoms with E-state index in [1.165, 1.54) is 5.56 Å². The largest absolute Gasteiger partial charge is 0.489 e. The zero-order valence-corrected chi connectivity index (χ0v) is 12.3. The summed E-state index contributed by atoms with van der Waals surface area (Å²) in [6.07, 6.45) is 1.06. The molecule has 2 aromatic carbocycles. The fourth-order valence-electron chi connectivity index (χ4n) is 2.18. The van der Waals surface area contributed by atoms with Crippen LogP contribution in [0.1, 0.15) is 37.4 Å². The average Bonchev–Trinajstić information content (AvgIpc) is 2.52. The second-order valence-electron chi connectivity index (χ2n) is 5.22. The van der Waals surface area contributed by atoms with Gasteiger partial charge in [0.05, 0.1) is 0 Å². The van der Waals surface area contributed by atoms with E-state index in [-0.39, 0.29) is 6.04 Å². The Labute approximate surface area is 121 Å². The molecule has 0 bridgehead atoms. The Hall–Kier alpha value is -1.80. The van der Waals surface area contributed by atoms with Gasteiger partial charge in [0.2, 0.25) is 0 Å². The van der Waals surface area contributed by atoms with Gasteiger partial charge in [0.1, 0.15) is 12.4 Å². The van der Waals surface area contributed by atoms with Crippen molar-refractivity contribution >= 4 is 0 Å². The number of rotatable bonds is 6. The van der Waals surface area contributed by atoms with Crippen LogP contribution in [0.25, 0.3) is 0 Å². The van der Waals surface area contributed by atoms with Crippen LogP contribution in [-0.2, 0) is 6.61 Å². The number of para-hydroxylation sites is 1. The first-order valence-electron chi connectivity index (χ1n) is 7.23. The Kier molecular flexibility index (Phi) is 5.19. The first kappa shape index (κ1) is 14.6. The van der Waals surface area contributed by atoms with Crippen molar-refractivity contribution in [3.63, 3.8) is 0 Å². The van der Waals surface area contributed by atoms with Crippen LogP contribution in [-0.4, -0.2) is 0 Å². The zero-order valence-electron chi connectivity index (χ0n) is 12.3. The number of hydrogen-bond donors (Lipinski definition) is 1. The summed E-state index contributed by atoms with van der Waals surface area (Å²) in [5.74, 6) is 1.33. The van der Waals surface area contributed by atoms with Crippen LogP contribution in [0.2, 0.25) is 0 Å². The number of benzene rings is 2. The van der Waals surface area contributed by atoms with Crippen molar-refractivity contribution in [2.24, 2.45) is 11.7 Å². The van der Waals surface area contributed by atoms with Crippen molar-refractivity contribution in [3.05, 3.63) is 65.7 Å². The van der Waals surface area contributed by atoms with E-state index in [1.807, 2.05) is 36.4 Å². The Morgan fingerprint density at radius 3 is 2.35 bits per heavy atom. The maximum absolute atomic E-state index is 6.34. The van der Waals surface area contributed by atoms with Crippen LogP contribution in [0.15, 0.2) is 54.6 Å². The third-order valence-corrected chi connectivity index (χ3v) is 3.77. The van der Waals surface area contributed by atoms with Crippen LogP contribution in [0.4, 0.5) is 0 Å². The van der Waals surface area contributed by atoms with Gasteiger partial charge in [-0.3, -0.25) is 0 Å². The van der Waals surface area contributed by atoms with Gasteiger partial charge in [-0.15, -0.1) is 0 Å². The molecule has 0 aliphatic rings. The fraction of sp³-hybridized carbons (Fsp3) is 0.333. The van der Waals surface area contributed by atoms with E-state index in [2.05, 4.69) is 32.0 Å². The van der Waals surface area contributed by atoms with Gasteiger partial charge in [-0.25, -0.2) is 0 Å². The SMILES string of the molecule is CCC(C)[C@@H](N)c1ccccc1OCc1ccccc1. The van der Waals surface area contributed by atoms with Crippen molar-refractivity contribution in [3.8, 4) is 5.75 Å². The third kappa shape index (κ3) is 3.61. The molecule has 0 radical (unpaired) electrons. The molecule has 1 unspecified atom stereocenters. The van der Waals surface area contributed by atoms with Crippen LogP contribution < -0.4 is 10.5 Å². The molecule has 0 saturated carbocycles. The molecule has 2 nitrogen and oxygen atoms in total. The molecule has 0 amide bonds. The van der Waals surface area contributed by atoms with Gasteiger partial charge in [0.15, 0.2) is 0 Å². The molecule has 0 saturated heterocycles. The van der Waals surface area contributed by atoms with Gasteiger partial charge in [-0.2, -0.15) is 0 Å². The van der Waals surface area contributed by atoms with Gasteiger partial charge in [0, 0.05) is 11.6 Å². The highest BCUT2D eigenvalue weighted by Crippen LogP contribution is 2.30. The number of ether oxygens (including phenoxy) is 1. The Morgan fingerprint density at radius 1 is 1.00 bits per heavy atom. The maximum atomic E-state index is 6.34.